The van der Waals surface area contributed by atoms with Crippen molar-refractivity contribution in [1.29, 1.82) is 0 Å². The van der Waals surface area contributed by atoms with Crippen LogP contribution >= 0.6 is 12.2 Å². The van der Waals surface area contributed by atoms with Crippen molar-refractivity contribution in [2.75, 3.05) is 0 Å². The highest BCUT2D eigenvalue weighted by Crippen LogP contribution is 2.71. The molecule has 3 saturated carbocycles. The van der Waals surface area contributed by atoms with Crippen molar-refractivity contribution in [3.8, 4) is 0 Å². The first-order valence-electron chi connectivity index (χ1n) is 11.9. The van der Waals surface area contributed by atoms with Gasteiger partial charge in [-0.05, 0) is 74.2 Å². The molecule has 6 nitrogen and oxygen atoms in total. The van der Waals surface area contributed by atoms with E-state index in [9.17, 15) is 19.2 Å². The molecule has 4 aliphatic carbocycles. The summed E-state index contributed by atoms with van der Waals surface area (Å²) in [4.78, 5) is 29.0. The van der Waals surface area contributed by atoms with Gasteiger partial charge in [-0.2, -0.15) is 0 Å². The second-order valence-electron chi connectivity index (χ2n) is 11.0. The number of hydrogen-bond acceptors (Lipinski definition) is 7. The van der Waals surface area contributed by atoms with E-state index >= 15 is 8.78 Å². The number of ether oxygens (including phenoxy) is 1. The minimum Gasteiger partial charge on any atom is -0.457 e. The van der Waals surface area contributed by atoms with Crippen molar-refractivity contribution >= 4 is 29.0 Å². The SMILES string of the molecule is C[C@H]1C[C@H]2[C@@H]3C[C@H](F)C4=CC(=O)C=C[C@]4(C)[C@@]3(F)[C@@H](O)C[C@]2(C)[C@]1(OC(=O)c1ccco1)C(=S)OF. The Bertz CT molecular complexity index is 1180. The maximum absolute atomic E-state index is 17.3. The number of hydrogen-bond donors (Lipinski definition) is 1. The fourth-order valence-corrected chi connectivity index (χ4v) is 8.34. The smallest absolute Gasteiger partial charge is 0.375 e. The van der Waals surface area contributed by atoms with E-state index in [1.54, 1.807) is 13.8 Å². The number of fused-ring (bicyclic) bond motifs is 5. The van der Waals surface area contributed by atoms with E-state index in [1.807, 2.05) is 0 Å². The van der Waals surface area contributed by atoms with E-state index in [0.29, 0.717) is 0 Å². The van der Waals surface area contributed by atoms with Gasteiger partial charge in [-0.1, -0.05) is 19.9 Å². The summed E-state index contributed by atoms with van der Waals surface area (Å²) in [5.74, 6) is -3.87. The molecule has 4 aliphatic rings. The van der Waals surface area contributed by atoms with Gasteiger partial charge in [0.15, 0.2) is 17.1 Å². The summed E-state index contributed by atoms with van der Waals surface area (Å²) in [5, 5.41) is 10.8. The quantitative estimate of drug-likeness (QED) is 0.442. The van der Waals surface area contributed by atoms with Crippen LogP contribution in [0.5, 0.6) is 0 Å². The molecular formula is C26H27F3O6S. The number of thiocarbonyl (C=S) groups is 1. The van der Waals surface area contributed by atoms with Gasteiger partial charge in [-0.25, -0.2) is 13.6 Å². The number of furan rings is 1. The Morgan fingerprint density at radius 2 is 2.00 bits per heavy atom. The maximum Gasteiger partial charge on any atom is 0.375 e. The van der Waals surface area contributed by atoms with Crippen molar-refractivity contribution in [2.24, 2.45) is 28.6 Å². The molecule has 0 bridgehead atoms. The standard InChI is InChI=1S/C26H27F3O6S/c1-13-9-15-16-11-18(27)17-10-14(30)6-7-23(17,2)25(16,28)20(31)12-24(15,3)26(13,22(36)35-29)34-21(32)19-5-4-8-33-19/h4-8,10,13,15-16,18,20,31H,9,11-12H2,1-3H3/t13-,15-,16-,18-,20-,23-,24-,25-,26+/m0/s1. The Morgan fingerprint density at radius 1 is 1.28 bits per heavy atom. The fourth-order valence-electron chi connectivity index (χ4n) is 7.87. The lowest BCUT2D eigenvalue weighted by atomic mass is 9.44. The molecule has 9 atom stereocenters. The van der Waals surface area contributed by atoms with Crippen LogP contribution in [0.1, 0.15) is 50.6 Å². The van der Waals surface area contributed by atoms with E-state index in [1.165, 1.54) is 37.5 Å². The molecule has 1 heterocycles. The Labute approximate surface area is 211 Å². The normalized spacial score (nSPS) is 45.2. The number of alkyl halides is 2. The van der Waals surface area contributed by atoms with Gasteiger partial charge in [-0.15, -0.1) is 0 Å². The van der Waals surface area contributed by atoms with Crippen LogP contribution in [0.25, 0.3) is 0 Å². The molecule has 0 aliphatic heterocycles. The highest BCUT2D eigenvalue weighted by Gasteiger charge is 2.78. The lowest BCUT2D eigenvalue weighted by Gasteiger charge is -2.63. The highest BCUT2D eigenvalue weighted by molar-refractivity contribution is 7.80. The fraction of sp³-hybridized carbons (Fsp3) is 0.577. The molecule has 0 saturated heterocycles. The number of rotatable bonds is 3. The molecule has 1 aromatic heterocycles. The average Bonchev–Trinajstić information content (AvgIpc) is 3.44. The molecule has 1 aromatic rings. The van der Waals surface area contributed by atoms with Gasteiger partial charge >= 0.3 is 5.97 Å². The van der Waals surface area contributed by atoms with Crippen molar-refractivity contribution in [3.05, 3.63) is 48.0 Å². The van der Waals surface area contributed by atoms with Crippen LogP contribution in [-0.4, -0.2) is 45.5 Å². The summed E-state index contributed by atoms with van der Waals surface area (Å²) in [6, 6.07) is 2.85. The zero-order valence-electron chi connectivity index (χ0n) is 20.0. The van der Waals surface area contributed by atoms with Crippen molar-refractivity contribution < 1.29 is 42.1 Å². The number of aliphatic hydroxyl groups is 1. The third-order valence-corrected chi connectivity index (χ3v) is 9.88. The van der Waals surface area contributed by atoms with E-state index in [2.05, 4.69) is 4.94 Å². The number of allylic oxidation sites excluding steroid dienone is 4. The first-order chi connectivity index (χ1) is 16.9. The van der Waals surface area contributed by atoms with Crippen LogP contribution in [0, 0.1) is 28.6 Å². The predicted octanol–water partition coefficient (Wildman–Crippen LogP) is 4.97. The summed E-state index contributed by atoms with van der Waals surface area (Å²) in [7, 11) is 0. The van der Waals surface area contributed by atoms with Gasteiger partial charge in [0, 0.05) is 27.2 Å². The molecule has 5 rings (SSSR count). The number of esters is 1. The molecule has 0 aromatic carbocycles. The first kappa shape index (κ1) is 25.2. The first-order valence-corrected chi connectivity index (χ1v) is 12.3. The van der Waals surface area contributed by atoms with E-state index in [-0.39, 0.29) is 30.6 Å². The Hall–Kier alpha value is -2.46. The maximum atomic E-state index is 17.3. The van der Waals surface area contributed by atoms with Crippen LogP contribution in [0.15, 0.2) is 46.6 Å². The molecule has 36 heavy (non-hydrogen) atoms. The zero-order chi connectivity index (χ0) is 26.3. The second kappa shape index (κ2) is 8.02. The summed E-state index contributed by atoms with van der Waals surface area (Å²) in [6.45, 7) is 4.81. The summed E-state index contributed by atoms with van der Waals surface area (Å²) >= 11 is 5.24. The molecule has 10 heteroatoms. The molecule has 3 fully saturated rings. The number of carbonyl (C=O) groups is 2. The summed E-state index contributed by atoms with van der Waals surface area (Å²) in [5.41, 5.74) is -7.07. The molecule has 0 amide bonds. The molecule has 0 spiro atoms. The van der Waals surface area contributed by atoms with Crippen LogP contribution in [0.4, 0.5) is 13.3 Å². The van der Waals surface area contributed by atoms with Crippen LogP contribution in [0.2, 0.25) is 0 Å². The number of halogens is 3. The number of carbonyl (C=O) groups excluding carboxylic acids is 2. The third-order valence-electron chi connectivity index (χ3n) is 9.52. The van der Waals surface area contributed by atoms with Crippen LogP contribution in [0.3, 0.4) is 0 Å². The number of ketones is 1. The summed E-state index contributed by atoms with van der Waals surface area (Å²) in [6.07, 6.45) is 1.26. The minimum absolute atomic E-state index is 0.000529. The predicted molar refractivity (Wildman–Crippen MR) is 125 cm³/mol. The van der Waals surface area contributed by atoms with Gasteiger partial charge in [0.25, 0.3) is 5.05 Å². The topological polar surface area (TPSA) is 86.0 Å². The van der Waals surface area contributed by atoms with Crippen LogP contribution < -0.4 is 0 Å². The minimum atomic E-state index is -2.33. The Kier molecular flexibility index (Phi) is 5.61. The molecular weight excluding hydrogens is 497 g/mol. The van der Waals surface area contributed by atoms with Gasteiger partial charge in [0.1, 0.15) is 6.17 Å². The zero-order valence-corrected chi connectivity index (χ0v) is 20.8. The average molecular weight is 525 g/mol. The van der Waals surface area contributed by atoms with Crippen molar-refractivity contribution in [2.45, 2.75) is 63.6 Å². The Morgan fingerprint density at radius 3 is 2.64 bits per heavy atom. The Balaban J connectivity index is 1.64. The van der Waals surface area contributed by atoms with Crippen molar-refractivity contribution in [1.82, 2.24) is 0 Å². The van der Waals surface area contributed by atoms with E-state index < -0.39 is 68.9 Å². The van der Waals surface area contributed by atoms with E-state index in [4.69, 9.17) is 21.4 Å². The van der Waals surface area contributed by atoms with Crippen molar-refractivity contribution in [3.63, 3.8) is 0 Å². The van der Waals surface area contributed by atoms with Gasteiger partial charge in [-0.3, -0.25) is 9.74 Å². The van der Waals surface area contributed by atoms with Gasteiger partial charge in [0.2, 0.25) is 5.76 Å². The molecule has 194 valence electrons. The monoisotopic (exact) mass is 524 g/mol. The molecule has 0 radical (unpaired) electrons. The van der Waals surface area contributed by atoms with Crippen LogP contribution in [-0.2, 0) is 14.5 Å². The lowest BCUT2D eigenvalue weighted by Crippen LogP contribution is -2.70. The highest BCUT2D eigenvalue weighted by atomic mass is 32.1. The van der Waals surface area contributed by atoms with Gasteiger partial charge in [0.05, 0.1) is 12.4 Å². The molecule has 1 N–H and O–H groups in total. The lowest BCUT2D eigenvalue weighted by molar-refractivity contribution is -0.218. The largest absolute Gasteiger partial charge is 0.457 e. The number of aliphatic hydroxyl groups excluding tert-OH is 1. The summed E-state index contributed by atoms with van der Waals surface area (Å²) < 4.78 is 57.7. The molecule has 0 unspecified atom stereocenters. The van der Waals surface area contributed by atoms with E-state index in [0.717, 1.165) is 6.08 Å². The second-order valence-corrected chi connectivity index (χ2v) is 11.3. The third kappa shape index (κ3) is 2.91. The van der Waals surface area contributed by atoms with Gasteiger partial charge < -0.3 is 14.3 Å².